The number of carboxylic acids is 1. The Kier molecular flexibility index (Phi) is 4.93. The third-order valence-electron chi connectivity index (χ3n) is 4.29. The quantitative estimate of drug-likeness (QED) is 0.836. The Morgan fingerprint density at radius 2 is 2.05 bits per heavy atom. The first-order valence-corrected chi connectivity index (χ1v) is 8.89. The van der Waals surface area contributed by atoms with E-state index in [9.17, 15) is 13.2 Å². The summed E-state index contributed by atoms with van der Waals surface area (Å²) in [5.41, 5.74) is -0.0296. The fourth-order valence-corrected chi connectivity index (χ4v) is 4.57. The van der Waals surface area contributed by atoms with Crippen molar-refractivity contribution in [2.75, 3.05) is 26.2 Å². The molecule has 2 rings (SSSR count). The van der Waals surface area contributed by atoms with Gasteiger partial charge in [0, 0.05) is 32.4 Å². The maximum absolute atomic E-state index is 12.7. The lowest BCUT2D eigenvalue weighted by atomic mass is 10.2. The van der Waals surface area contributed by atoms with E-state index in [0.717, 1.165) is 19.5 Å². The molecule has 1 saturated heterocycles. The summed E-state index contributed by atoms with van der Waals surface area (Å²) in [6.07, 6.45) is 2.17. The number of rotatable bonds is 6. The van der Waals surface area contributed by atoms with Gasteiger partial charge < -0.3 is 9.67 Å². The van der Waals surface area contributed by atoms with Crippen LogP contribution in [-0.2, 0) is 17.1 Å². The first-order chi connectivity index (χ1) is 10.3. The molecule has 0 radical (unpaired) electrons. The molecule has 2 heterocycles. The van der Waals surface area contributed by atoms with Crippen molar-refractivity contribution in [3.63, 3.8) is 0 Å². The second-order valence-corrected chi connectivity index (χ2v) is 7.44. The molecule has 124 valence electrons. The molecule has 1 atom stereocenters. The van der Waals surface area contributed by atoms with Crippen LogP contribution in [0.1, 0.15) is 30.8 Å². The van der Waals surface area contributed by atoms with E-state index in [4.69, 9.17) is 5.11 Å². The van der Waals surface area contributed by atoms with E-state index in [1.807, 2.05) is 0 Å². The fourth-order valence-electron chi connectivity index (χ4n) is 3.00. The number of aromatic carboxylic acids is 1. The molecule has 0 aromatic carbocycles. The van der Waals surface area contributed by atoms with Crippen LogP contribution in [0, 0.1) is 0 Å². The molecule has 7 nitrogen and oxygen atoms in total. The Morgan fingerprint density at radius 1 is 1.41 bits per heavy atom. The first kappa shape index (κ1) is 17.0. The number of nitrogens with zero attached hydrogens (tertiary/aromatic N) is 3. The van der Waals surface area contributed by atoms with E-state index in [2.05, 4.69) is 18.7 Å². The molecule has 22 heavy (non-hydrogen) atoms. The van der Waals surface area contributed by atoms with E-state index in [1.54, 1.807) is 0 Å². The minimum atomic E-state index is -3.63. The zero-order valence-electron chi connectivity index (χ0n) is 13.2. The molecule has 1 aliphatic heterocycles. The number of hydrogen-bond acceptors (Lipinski definition) is 4. The first-order valence-electron chi connectivity index (χ1n) is 7.45. The number of hydrogen-bond donors (Lipinski definition) is 1. The maximum atomic E-state index is 12.7. The Bertz CT molecular complexity index is 649. The van der Waals surface area contributed by atoms with Crippen LogP contribution < -0.4 is 0 Å². The molecular weight excluding hydrogens is 306 g/mol. The summed E-state index contributed by atoms with van der Waals surface area (Å²) < 4.78 is 28.1. The van der Waals surface area contributed by atoms with Crippen molar-refractivity contribution in [1.29, 1.82) is 0 Å². The zero-order chi connectivity index (χ0) is 16.5. The van der Waals surface area contributed by atoms with Gasteiger partial charge in [-0.1, -0.05) is 13.8 Å². The molecule has 1 fully saturated rings. The molecule has 1 aliphatic rings. The fraction of sp³-hybridized carbons (Fsp3) is 0.643. The van der Waals surface area contributed by atoms with E-state index in [-0.39, 0.29) is 16.6 Å². The summed E-state index contributed by atoms with van der Waals surface area (Å²) >= 11 is 0. The Labute approximate surface area is 131 Å². The topological polar surface area (TPSA) is 82.8 Å². The molecule has 0 saturated carbocycles. The van der Waals surface area contributed by atoms with Gasteiger partial charge in [0.1, 0.15) is 10.6 Å². The molecule has 0 unspecified atom stereocenters. The molecule has 0 bridgehead atoms. The van der Waals surface area contributed by atoms with Crippen LogP contribution >= 0.6 is 0 Å². The van der Waals surface area contributed by atoms with Crippen LogP contribution in [-0.4, -0.2) is 65.5 Å². The minimum absolute atomic E-state index is 0.0296. The van der Waals surface area contributed by atoms with Crippen molar-refractivity contribution in [3.05, 3.63) is 18.0 Å². The molecular formula is C14H23N3O4S. The van der Waals surface area contributed by atoms with Gasteiger partial charge in [-0.25, -0.2) is 13.2 Å². The Balaban J connectivity index is 2.22. The van der Waals surface area contributed by atoms with Gasteiger partial charge in [0.05, 0.1) is 0 Å². The highest BCUT2D eigenvalue weighted by atomic mass is 32.2. The van der Waals surface area contributed by atoms with Crippen LogP contribution in [0.2, 0.25) is 0 Å². The monoisotopic (exact) mass is 329 g/mol. The van der Waals surface area contributed by atoms with Crippen molar-refractivity contribution < 1.29 is 18.3 Å². The van der Waals surface area contributed by atoms with Crippen molar-refractivity contribution in [1.82, 2.24) is 13.8 Å². The summed E-state index contributed by atoms with van der Waals surface area (Å²) in [6.45, 7) is 6.85. The van der Waals surface area contributed by atoms with Crippen LogP contribution in [0.25, 0.3) is 0 Å². The number of sulfonamides is 1. The van der Waals surface area contributed by atoms with Gasteiger partial charge in [0.2, 0.25) is 10.0 Å². The minimum Gasteiger partial charge on any atom is -0.477 e. The number of likely N-dealkylation sites (N-methyl/N-ethyl adjacent to an activating group) is 1. The SMILES string of the molecule is CCN(CC)[C@@H]1CCN(S(=O)(=O)c2cc(C(=O)O)n(C)c2)C1. The van der Waals surface area contributed by atoms with Crippen molar-refractivity contribution in [2.24, 2.45) is 7.05 Å². The number of aryl methyl sites for hydroxylation is 1. The standard InChI is InChI=1S/C14H23N3O4S/c1-4-16(5-2)11-6-7-17(9-11)22(20,21)12-8-13(14(18)19)15(3)10-12/h8,10-11H,4-7,9H2,1-3H3,(H,18,19)/t11-/m1/s1. The average Bonchev–Trinajstić information content (AvgIpc) is 3.07. The molecule has 1 aromatic rings. The lowest BCUT2D eigenvalue weighted by Gasteiger charge is -2.25. The van der Waals surface area contributed by atoms with Gasteiger partial charge in [-0.2, -0.15) is 4.31 Å². The lowest BCUT2D eigenvalue weighted by molar-refractivity contribution is 0.0686. The van der Waals surface area contributed by atoms with Crippen LogP contribution in [0.3, 0.4) is 0 Å². The maximum Gasteiger partial charge on any atom is 0.352 e. The van der Waals surface area contributed by atoms with E-state index in [1.165, 1.54) is 28.2 Å². The van der Waals surface area contributed by atoms with Crippen LogP contribution in [0.5, 0.6) is 0 Å². The normalized spacial score (nSPS) is 19.9. The van der Waals surface area contributed by atoms with Gasteiger partial charge in [-0.15, -0.1) is 0 Å². The second kappa shape index (κ2) is 6.39. The summed E-state index contributed by atoms with van der Waals surface area (Å²) in [5, 5.41) is 9.05. The smallest absolute Gasteiger partial charge is 0.352 e. The van der Waals surface area contributed by atoms with E-state index in [0.29, 0.717) is 13.1 Å². The van der Waals surface area contributed by atoms with Gasteiger partial charge in [-0.3, -0.25) is 4.90 Å². The third-order valence-corrected chi connectivity index (χ3v) is 6.12. The number of carbonyl (C=O) groups is 1. The Morgan fingerprint density at radius 3 is 2.55 bits per heavy atom. The zero-order valence-corrected chi connectivity index (χ0v) is 14.0. The average molecular weight is 329 g/mol. The Hall–Kier alpha value is -1.38. The predicted octanol–water partition coefficient (Wildman–Crippen LogP) is 0.828. The largest absolute Gasteiger partial charge is 0.477 e. The molecule has 8 heteroatoms. The molecule has 1 N–H and O–H groups in total. The highest BCUT2D eigenvalue weighted by Crippen LogP contribution is 2.24. The van der Waals surface area contributed by atoms with Crippen molar-refractivity contribution >= 4 is 16.0 Å². The van der Waals surface area contributed by atoms with Crippen molar-refractivity contribution in [2.45, 2.75) is 31.2 Å². The van der Waals surface area contributed by atoms with Gasteiger partial charge >= 0.3 is 5.97 Å². The lowest BCUT2D eigenvalue weighted by Crippen LogP contribution is -2.38. The highest BCUT2D eigenvalue weighted by Gasteiger charge is 2.35. The molecule has 0 amide bonds. The predicted molar refractivity (Wildman–Crippen MR) is 82.5 cm³/mol. The van der Waals surface area contributed by atoms with E-state index >= 15 is 0 Å². The summed E-state index contributed by atoms with van der Waals surface area (Å²) in [5.74, 6) is -1.13. The summed E-state index contributed by atoms with van der Waals surface area (Å²) in [4.78, 5) is 13.4. The van der Waals surface area contributed by atoms with E-state index < -0.39 is 16.0 Å². The van der Waals surface area contributed by atoms with Crippen LogP contribution in [0.4, 0.5) is 0 Å². The number of aromatic nitrogens is 1. The summed E-state index contributed by atoms with van der Waals surface area (Å²) in [6, 6.07) is 1.45. The third kappa shape index (κ3) is 3.04. The van der Waals surface area contributed by atoms with Crippen LogP contribution in [0.15, 0.2) is 17.2 Å². The highest BCUT2D eigenvalue weighted by molar-refractivity contribution is 7.89. The molecule has 0 aliphatic carbocycles. The molecule has 0 spiro atoms. The van der Waals surface area contributed by atoms with Gasteiger partial charge in [0.15, 0.2) is 0 Å². The second-order valence-electron chi connectivity index (χ2n) is 5.50. The van der Waals surface area contributed by atoms with Gasteiger partial charge in [-0.05, 0) is 25.6 Å². The van der Waals surface area contributed by atoms with Gasteiger partial charge in [0.25, 0.3) is 0 Å². The van der Waals surface area contributed by atoms with Crippen molar-refractivity contribution in [3.8, 4) is 0 Å². The summed E-state index contributed by atoms with van der Waals surface area (Å²) in [7, 11) is -2.10. The number of carboxylic acid groups (broad SMARTS) is 1. The molecule has 1 aromatic heterocycles.